The van der Waals surface area contributed by atoms with E-state index in [0.29, 0.717) is 11.4 Å². The largest absolute Gasteiger partial charge is 0.454 e. The van der Waals surface area contributed by atoms with Gasteiger partial charge in [0.2, 0.25) is 10.0 Å². The van der Waals surface area contributed by atoms with E-state index in [2.05, 4.69) is 15.1 Å². The number of carbonyl (C=O) groups excluding carboxylic acids is 2. The van der Waals surface area contributed by atoms with Crippen LogP contribution in [-0.2, 0) is 31.4 Å². The normalized spacial score (nSPS) is 12.5. The fourth-order valence-corrected chi connectivity index (χ4v) is 3.55. The summed E-state index contributed by atoms with van der Waals surface area (Å²) in [7, 11) is -2.32. The molecule has 0 unspecified atom stereocenters. The zero-order chi connectivity index (χ0) is 21.1. The van der Waals surface area contributed by atoms with Gasteiger partial charge in [0.1, 0.15) is 11.9 Å². The van der Waals surface area contributed by atoms with Crippen LogP contribution in [0.25, 0.3) is 0 Å². The highest BCUT2D eigenvalue weighted by Gasteiger charge is 2.24. The first kappa shape index (κ1) is 21.5. The van der Waals surface area contributed by atoms with Gasteiger partial charge in [-0.25, -0.2) is 12.8 Å². The number of amides is 1. The van der Waals surface area contributed by atoms with Crippen LogP contribution in [0.5, 0.6) is 0 Å². The van der Waals surface area contributed by atoms with E-state index in [4.69, 9.17) is 4.74 Å². The molecule has 9 nitrogen and oxygen atoms in total. The molecule has 0 bridgehead atoms. The van der Waals surface area contributed by atoms with Crippen molar-refractivity contribution in [1.82, 2.24) is 14.5 Å². The minimum absolute atomic E-state index is 0.200. The van der Waals surface area contributed by atoms with Gasteiger partial charge in [0.25, 0.3) is 5.91 Å². The maximum Gasteiger partial charge on any atom is 0.324 e. The van der Waals surface area contributed by atoms with Crippen LogP contribution in [0.3, 0.4) is 0 Å². The van der Waals surface area contributed by atoms with Crippen LogP contribution >= 0.6 is 0 Å². The number of hydrogen-bond donors (Lipinski definition) is 2. The van der Waals surface area contributed by atoms with Crippen LogP contribution in [0.4, 0.5) is 10.1 Å². The van der Waals surface area contributed by atoms with Gasteiger partial charge >= 0.3 is 5.97 Å². The fourth-order valence-electron chi connectivity index (χ4n) is 2.35. The van der Waals surface area contributed by atoms with E-state index in [0.717, 1.165) is 30.0 Å². The number of halogens is 1. The van der Waals surface area contributed by atoms with Gasteiger partial charge < -0.3 is 10.1 Å². The summed E-state index contributed by atoms with van der Waals surface area (Å²) in [6.07, 6.45) is 0. The lowest BCUT2D eigenvalue weighted by molar-refractivity contribution is -0.148. The Morgan fingerprint density at radius 1 is 1.25 bits per heavy atom. The molecular formula is C17H21FN4O5S. The van der Waals surface area contributed by atoms with Gasteiger partial charge in [-0.2, -0.15) is 9.82 Å². The molecule has 0 spiro atoms. The summed E-state index contributed by atoms with van der Waals surface area (Å²) in [6, 6.07) is 2.88. The van der Waals surface area contributed by atoms with Crippen molar-refractivity contribution in [3.05, 3.63) is 41.5 Å². The Balaban J connectivity index is 1.91. The van der Waals surface area contributed by atoms with E-state index in [1.54, 1.807) is 25.6 Å². The molecule has 0 saturated carbocycles. The third-order valence-corrected chi connectivity index (χ3v) is 5.49. The Kier molecular flexibility index (Phi) is 6.52. The van der Waals surface area contributed by atoms with E-state index in [9.17, 15) is 22.4 Å². The summed E-state index contributed by atoms with van der Waals surface area (Å²) < 4.78 is 45.9. The SMILES string of the molecule is Cc1nn(C)c(C)c1NC(=O)COC(=O)[C@H](C)NS(=O)(=O)c1ccc(F)cc1. The Labute approximate surface area is 161 Å². The predicted octanol–water partition coefficient (Wildman–Crippen LogP) is 1.02. The number of esters is 1. The van der Waals surface area contributed by atoms with Crippen LogP contribution in [0.15, 0.2) is 29.2 Å². The van der Waals surface area contributed by atoms with Crippen molar-refractivity contribution in [3.63, 3.8) is 0 Å². The molecule has 1 heterocycles. The average Bonchev–Trinajstić information content (AvgIpc) is 2.85. The first-order valence-corrected chi connectivity index (χ1v) is 9.74. The highest BCUT2D eigenvalue weighted by atomic mass is 32.2. The lowest BCUT2D eigenvalue weighted by Gasteiger charge is -2.14. The monoisotopic (exact) mass is 412 g/mol. The van der Waals surface area contributed by atoms with Crippen molar-refractivity contribution in [2.45, 2.75) is 31.7 Å². The number of sulfonamides is 1. The summed E-state index contributed by atoms with van der Waals surface area (Å²) >= 11 is 0. The zero-order valence-electron chi connectivity index (χ0n) is 15.8. The van der Waals surface area contributed by atoms with Gasteiger partial charge in [-0.3, -0.25) is 14.3 Å². The van der Waals surface area contributed by atoms with E-state index in [1.807, 2.05) is 0 Å². The number of rotatable bonds is 7. The van der Waals surface area contributed by atoms with Crippen molar-refractivity contribution >= 4 is 27.6 Å². The molecule has 0 saturated heterocycles. The second-order valence-electron chi connectivity index (χ2n) is 6.12. The third-order valence-electron chi connectivity index (χ3n) is 3.93. The number of aromatic nitrogens is 2. The standard InChI is InChI=1S/C17H21FN4O5S/c1-10-16(12(3)22(4)20-10)19-15(23)9-27-17(24)11(2)21-28(25,26)14-7-5-13(18)6-8-14/h5-8,11,21H,9H2,1-4H3,(H,19,23)/t11-/m0/s1. The summed E-state index contributed by atoms with van der Waals surface area (Å²) in [4.78, 5) is 23.8. The molecule has 0 radical (unpaired) electrons. The van der Waals surface area contributed by atoms with Gasteiger partial charge in [-0.15, -0.1) is 0 Å². The lowest BCUT2D eigenvalue weighted by atomic mass is 10.3. The smallest absolute Gasteiger partial charge is 0.324 e. The topological polar surface area (TPSA) is 119 Å². The zero-order valence-corrected chi connectivity index (χ0v) is 16.6. The Bertz CT molecular complexity index is 986. The number of nitrogens with one attached hydrogen (secondary N) is 2. The molecule has 0 aliphatic carbocycles. The van der Waals surface area contributed by atoms with Crippen molar-refractivity contribution in [1.29, 1.82) is 0 Å². The minimum atomic E-state index is -4.05. The van der Waals surface area contributed by atoms with Crippen LogP contribution in [0.2, 0.25) is 0 Å². The maximum absolute atomic E-state index is 12.9. The molecule has 0 fully saturated rings. The molecular weight excluding hydrogens is 391 g/mol. The van der Waals surface area contributed by atoms with Crippen LogP contribution in [0.1, 0.15) is 18.3 Å². The highest BCUT2D eigenvalue weighted by molar-refractivity contribution is 7.89. The Morgan fingerprint density at radius 3 is 2.39 bits per heavy atom. The number of nitrogens with zero attached hydrogens (tertiary/aromatic N) is 2. The number of ether oxygens (including phenoxy) is 1. The molecule has 2 rings (SSSR count). The Morgan fingerprint density at radius 2 is 1.86 bits per heavy atom. The van der Waals surface area contributed by atoms with Gasteiger partial charge in [0, 0.05) is 7.05 Å². The molecule has 28 heavy (non-hydrogen) atoms. The third kappa shape index (κ3) is 5.14. The van der Waals surface area contributed by atoms with E-state index in [-0.39, 0.29) is 4.90 Å². The summed E-state index contributed by atoms with van der Waals surface area (Å²) in [6.45, 7) is 4.18. The Hall–Kier alpha value is -2.79. The van der Waals surface area contributed by atoms with Gasteiger partial charge in [0.05, 0.1) is 22.0 Å². The van der Waals surface area contributed by atoms with Crippen LogP contribution in [-0.4, -0.2) is 42.7 Å². The number of carbonyl (C=O) groups is 2. The molecule has 1 atom stereocenters. The second kappa shape index (κ2) is 8.48. The molecule has 1 amide bonds. The average molecular weight is 412 g/mol. The summed E-state index contributed by atoms with van der Waals surface area (Å²) in [5.41, 5.74) is 1.87. The molecule has 0 aliphatic rings. The number of hydrogen-bond acceptors (Lipinski definition) is 6. The molecule has 11 heteroatoms. The lowest BCUT2D eigenvalue weighted by Crippen LogP contribution is -2.40. The number of aryl methyl sites for hydroxylation is 2. The minimum Gasteiger partial charge on any atom is -0.454 e. The van der Waals surface area contributed by atoms with Gasteiger partial charge in [0.15, 0.2) is 6.61 Å². The molecule has 0 aliphatic heterocycles. The van der Waals surface area contributed by atoms with Crippen molar-refractivity contribution in [2.75, 3.05) is 11.9 Å². The number of anilines is 1. The second-order valence-corrected chi connectivity index (χ2v) is 7.84. The molecule has 2 aromatic rings. The molecule has 2 N–H and O–H groups in total. The molecule has 1 aromatic heterocycles. The van der Waals surface area contributed by atoms with Gasteiger partial charge in [-0.05, 0) is 45.0 Å². The quantitative estimate of drug-likeness (QED) is 0.656. The van der Waals surface area contributed by atoms with E-state index < -0.39 is 40.4 Å². The highest BCUT2D eigenvalue weighted by Crippen LogP contribution is 2.18. The van der Waals surface area contributed by atoms with E-state index in [1.165, 1.54) is 6.92 Å². The first-order chi connectivity index (χ1) is 13.0. The van der Waals surface area contributed by atoms with Gasteiger partial charge in [-0.1, -0.05) is 0 Å². The van der Waals surface area contributed by atoms with Crippen molar-refractivity contribution in [3.8, 4) is 0 Å². The maximum atomic E-state index is 12.9. The van der Waals surface area contributed by atoms with Crippen LogP contribution < -0.4 is 10.0 Å². The summed E-state index contributed by atoms with van der Waals surface area (Å²) in [5.74, 6) is -2.10. The van der Waals surface area contributed by atoms with E-state index >= 15 is 0 Å². The van der Waals surface area contributed by atoms with Crippen molar-refractivity contribution < 1.29 is 27.1 Å². The molecule has 1 aromatic carbocycles. The van der Waals surface area contributed by atoms with Crippen molar-refractivity contribution in [2.24, 2.45) is 7.05 Å². The molecule has 152 valence electrons. The first-order valence-electron chi connectivity index (χ1n) is 8.26. The predicted molar refractivity (Wildman–Crippen MR) is 98.5 cm³/mol. The van der Waals surface area contributed by atoms with Crippen LogP contribution in [0, 0.1) is 19.7 Å². The fraction of sp³-hybridized carbons (Fsp3) is 0.353. The summed E-state index contributed by atoms with van der Waals surface area (Å²) in [5, 5.41) is 6.75. The number of benzene rings is 1.